The normalized spacial score (nSPS) is 11.1. The van der Waals surface area contributed by atoms with Crippen molar-refractivity contribution in [2.24, 2.45) is 0 Å². The summed E-state index contributed by atoms with van der Waals surface area (Å²) < 4.78 is 10.8. The third-order valence-electron chi connectivity index (χ3n) is 2.77. The molecule has 0 heterocycles. The summed E-state index contributed by atoms with van der Waals surface area (Å²) in [5, 5.41) is 0. The van der Waals surface area contributed by atoms with Crippen LogP contribution in [0.2, 0.25) is 0 Å². The zero-order chi connectivity index (χ0) is 15.5. The summed E-state index contributed by atoms with van der Waals surface area (Å²) in [6.45, 7) is 7.85. The van der Waals surface area contributed by atoms with Crippen molar-refractivity contribution in [1.82, 2.24) is 0 Å². The van der Waals surface area contributed by atoms with E-state index >= 15 is 0 Å². The lowest BCUT2D eigenvalue weighted by Crippen LogP contribution is -2.21. The highest BCUT2D eigenvalue weighted by atomic mass is 79.9. The number of benzene rings is 1. The molecule has 5 heteroatoms. The number of ether oxygens (including phenoxy) is 2. The van der Waals surface area contributed by atoms with Crippen molar-refractivity contribution in [3.63, 3.8) is 0 Å². The van der Waals surface area contributed by atoms with Crippen LogP contribution in [-0.2, 0) is 14.9 Å². The van der Waals surface area contributed by atoms with Gasteiger partial charge in [0.15, 0.2) is 0 Å². The van der Waals surface area contributed by atoms with Crippen LogP contribution in [0.15, 0.2) is 16.6 Å². The molecule has 0 radical (unpaired) electrons. The molecule has 0 fully saturated rings. The predicted molar refractivity (Wildman–Crippen MR) is 80.4 cm³/mol. The third kappa shape index (κ3) is 3.60. The number of hydrogen-bond donors (Lipinski definition) is 0. The van der Waals surface area contributed by atoms with Gasteiger partial charge in [0, 0.05) is 10.0 Å². The van der Waals surface area contributed by atoms with Gasteiger partial charge in [0.05, 0.1) is 19.3 Å². The van der Waals surface area contributed by atoms with Gasteiger partial charge in [0.1, 0.15) is 5.75 Å². The summed E-state index contributed by atoms with van der Waals surface area (Å²) in [5.41, 5.74) is 0.839. The van der Waals surface area contributed by atoms with Gasteiger partial charge >= 0.3 is 5.97 Å². The molecule has 0 unspecified atom stereocenters. The van der Waals surface area contributed by atoms with E-state index in [9.17, 15) is 9.59 Å². The van der Waals surface area contributed by atoms with E-state index < -0.39 is 11.8 Å². The van der Waals surface area contributed by atoms with Crippen molar-refractivity contribution in [2.75, 3.05) is 13.7 Å². The van der Waals surface area contributed by atoms with Crippen molar-refractivity contribution >= 4 is 27.7 Å². The van der Waals surface area contributed by atoms with Crippen LogP contribution in [0, 0.1) is 0 Å². The van der Waals surface area contributed by atoms with E-state index in [1.807, 2.05) is 26.8 Å². The lowest BCUT2D eigenvalue weighted by atomic mass is 9.84. The first-order valence-corrected chi connectivity index (χ1v) is 7.11. The van der Waals surface area contributed by atoms with Gasteiger partial charge in [-0.2, -0.15) is 0 Å². The highest BCUT2D eigenvalue weighted by molar-refractivity contribution is 9.10. The topological polar surface area (TPSA) is 52.6 Å². The Labute approximate surface area is 127 Å². The fourth-order valence-electron chi connectivity index (χ4n) is 1.85. The number of hydrogen-bond acceptors (Lipinski definition) is 4. The first-order chi connectivity index (χ1) is 9.22. The smallest absolute Gasteiger partial charge is 0.379 e. The number of rotatable bonds is 4. The minimum Gasteiger partial charge on any atom is -0.496 e. The molecule has 0 atom stereocenters. The molecule has 0 bridgehead atoms. The Morgan fingerprint density at radius 3 is 2.30 bits per heavy atom. The van der Waals surface area contributed by atoms with Crippen molar-refractivity contribution in [3.8, 4) is 5.75 Å². The van der Waals surface area contributed by atoms with Crippen molar-refractivity contribution in [3.05, 3.63) is 27.7 Å². The average Bonchev–Trinajstić information content (AvgIpc) is 2.36. The summed E-state index contributed by atoms with van der Waals surface area (Å²) in [5.74, 6) is -1.15. The van der Waals surface area contributed by atoms with Crippen molar-refractivity contribution in [2.45, 2.75) is 33.1 Å². The van der Waals surface area contributed by atoms with Crippen LogP contribution in [0.5, 0.6) is 5.75 Å². The molecule has 0 saturated heterocycles. The Bertz CT molecular complexity index is 529. The fraction of sp³-hybridized carbons (Fsp3) is 0.467. The number of ketones is 1. The number of esters is 1. The van der Waals surface area contributed by atoms with Crippen LogP contribution in [0.3, 0.4) is 0 Å². The zero-order valence-corrected chi connectivity index (χ0v) is 14.0. The molecule has 20 heavy (non-hydrogen) atoms. The first-order valence-electron chi connectivity index (χ1n) is 6.31. The molecule has 0 aromatic heterocycles. The van der Waals surface area contributed by atoms with E-state index in [0.29, 0.717) is 5.75 Å². The van der Waals surface area contributed by atoms with Crippen molar-refractivity contribution < 1.29 is 19.1 Å². The maximum atomic E-state index is 12.2. The summed E-state index contributed by atoms with van der Waals surface area (Å²) in [7, 11) is 1.49. The quantitative estimate of drug-likeness (QED) is 0.477. The molecule has 0 saturated carbocycles. The number of halogens is 1. The Hall–Kier alpha value is -1.36. The van der Waals surface area contributed by atoms with E-state index in [0.717, 1.165) is 10.0 Å². The van der Waals surface area contributed by atoms with Crippen LogP contribution in [-0.4, -0.2) is 25.5 Å². The maximum absolute atomic E-state index is 12.2. The van der Waals surface area contributed by atoms with E-state index in [1.54, 1.807) is 13.0 Å². The fourth-order valence-corrected chi connectivity index (χ4v) is 2.30. The van der Waals surface area contributed by atoms with E-state index in [2.05, 4.69) is 15.9 Å². The molecule has 0 aliphatic carbocycles. The van der Waals surface area contributed by atoms with E-state index in [-0.39, 0.29) is 17.6 Å². The van der Waals surface area contributed by atoms with Crippen molar-refractivity contribution in [1.29, 1.82) is 0 Å². The van der Waals surface area contributed by atoms with Gasteiger partial charge in [-0.3, -0.25) is 4.79 Å². The Balaban J connectivity index is 3.43. The minimum absolute atomic E-state index is 0.160. The molecule has 4 nitrogen and oxygen atoms in total. The summed E-state index contributed by atoms with van der Waals surface area (Å²) >= 11 is 3.37. The van der Waals surface area contributed by atoms with Crippen LogP contribution in [0.1, 0.15) is 43.6 Å². The van der Waals surface area contributed by atoms with Crippen LogP contribution >= 0.6 is 15.9 Å². The van der Waals surface area contributed by atoms with E-state index in [1.165, 1.54) is 7.11 Å². The summed E-state index contributed by atoms with van der Waals surface area (Å²) in [4.78, 5) is 23.8. The second-order valence-electron chi connectivity index (χ2n) is 5.33. The van der Waals surface area contributed by atoms with Gasteiger partial charge in [-0.05, 0) is 24.5 Å². The molecular formula is C15H19BrO4. The summed E-state index contributed by atoms with van der Waals surface area (Å²) in [6, 6.07) is 3.47. The molecule has 0 spiro atoms. The predicted octanol–water partition coefficient (Wildman–Crippen LogP) is 3.50. The molecule has 110 valence electrons. The Morgan fingerprint density at radius 2 is 1.85 bits per heavy atom. The SMILES string of the molecule is CCOC(=O)C(=O)c1cc(Br)cc(C(C)(C)C)c1OC. The van der Waals surface area contributed by atoms with E-state index in [4.69, 9.17) is 9.47 Å². The molecule has 1 aromatic rings. The lowest BCUT2D eigenvalue weighted by molar-refractivity contribution is -0.137. The van der Waals surface area contributed by atoms with Gasteiger partial charge in [-0.25, -0.2) is 4.79 Å². The highest BCUT2D eigenvalue weighted by Gasteiger charge is 2.28. The number of methoxy groups -OCH3 is 1. The zero-order valence-electron chi connectivity index (χ0n) is 12.4. The number of carbonyl (C=O) groups excluding carboxylic acids is 2. The van der Waals surface area contributed by atoms with Gasteiger partial charge in [0.25, 0.3) is 5.78 Å². The van der Waals surface area contributed by atoms with Gasteiger partial charge in [-0.1, -0.05) is 36.7 Å². The monoisotopic (exact) mass is 342 g/mol. The molecular weight excluding hydrogens is 324 g/mol. The molecule has 0 N–H and O–H groups in total. The average molecular weight is 343 g/mol. The van der Waals surface area contributed by atoms with Crippen LogP contribution < -0.4 is 4.74 Å². The Kier molecular flexibility index (Phi) is 5.34. The number of Topliss-reactive ketones (excluding diaryl/α,β-unsaturated/α-hetero) is 1. The lowest BCUT2D eigenvalue weighted by Gasteiger charge is -2.24. The maximum Gasteiger partial charge on any atom is 0.379 e. The molecule has 1 aromatic carbocycles. The van der Waals surface area contributed by atoms with Gasteiger partial charge in [0.2, 0.25) is 0 Å². The number of carbonyl (C=O) groups is 2. The second-order valence-corrected chi connectivity index (χ2v) is 6.25. The highest BCUT2D eigenvalue weighted by Crippen LogP contribution is 2.37. The molecule has 0 aliphatic rings. The van der Waals surface area contributed by atoms with Crippen LogP contribution in [0.4, 0.5) is 0 Å². The first kappa shape index (κ1) is 16.7. The van der Waals surface area contributed by atoms with Gasteiger partial charge in [-0.15, -0.1) is 0 Å². The second kappa shape index (κ2) is 6.39. The van der Waals surface area contributed by atoms with Gasteiger partial charge < -0.3 is 9.47 Å². The Morgan fingerprint density at radius 1 is 1.25 bits per heavy atom. The molecule has 0 amide bonds. The summed E-state index contributed by atoms with van der Waals surface area (Å²) in [6.07, 6.45) is 0. The van der Waals surface area contributed by atoms with Crippen LogP contribution in [0.25, 0.3) is 0 Å². The molecule has 1 rings (SSSR count). The largest absolute Gasteiger partial charge is 0.496 e. The minimum atomic E-state index is -0.872. The standard InChI is InChI=1S/C15H19BrO4/c1-6-20-14(18)12(17)10-7-9(16)8-11(13(10)19-5)15(2,3)4/h7-8H,6H2,1-5H3. The third-order valence-corrected chi connectivity index (χ3v) is 3.23. The molecule has 0 aliphatic heterocycles.